The summed E-state index contributed by atoms with van der Waals surface area (Å²) in [6, 6.07) is 3.88. The molecule has 0 aliphatic rings. The van der Waals surface area contributed by atoms with Gasteiger partial charge in [-0.3, -0.25) is 0 Å². The lowest BCUT2D eigenvalue weighted by molar-refractivity contribution is 0.730. The zero-order valence-corrected chi connectivity index (χ0v) is 11.4. The second kappa shape index (κ2) is 9.97. The number of hydrogen-bond donors (Lipinski definition) is 1. The van der Waals surface area contributed by atoms with Crippen molar-refractivity contribution in [3.05, 3.63) is 41.7 Å². The van der Waals surface area contributed by atoms with Gasteiger partial charge in [0.25, 0.3) is 0 Å². The summed E-state index contributed by atoms with van der Waals surface area (Å²) in [5.74, 6) is 2.10. The number of halogens is 2. The first-order valence-corrected chi connectivity index (χ1v) is 6.36. The van der Waals surface area contributed by atoms with Gasteiger partial charge in [0.1, 0.15) is 5.15 Å². The highest BCUT2D eigenvalue weighted by molar-refractivity contribution is 7.99. The minimum Gasteiger partial charge on any atom is -0.312 e. The molecule has 0 fully saturated rings. The van der Waals surface area contributed by atoms with E-state index in [0.29, 0.717) is 5.15 Å². The van der Waals surface area contributed by atoms with E-state index in [2.05, 4.69) is 16.9 Å². The summed E-state index contributed by atoms with van der Waals surface area (Å²) in [5.41, 5.74) is 1.05. The summed E-state index contributed by atoms with van der Waals surface area (Å²) in [6.45, 7) is 5.43. The van der Waals surface area contributed by atoms with E-state index in [1.54, 1.807) is 6.20 Å². The summed E-state index contributed by atoms with van der Waals surface area (Å²) in [4.78, 5) is 4.01. The van der Waals surface area contributed by atoms with Crippen LogP contribution in [0.3, 0.4) is 0 Å². The van der Waals surface area contributed by atoms with Crippen LogP contribution in [-0.4, -0.2) is 23.0 Å². The van der Waals surface area contributed by atoms with Crippen molar-refractivity contribution in [2.45, 2.75) is 6.54 Å². The molecule has 0 saturated carbocycles. The fraction of sp³-hybridized carbons (Fsp3) is 0.364. The third-order valence-electron chi connectivity index (χ3n) is 1.81. The number of nitrogens with zero attached hydrogens (tertiary/aromatic N) is 1. The first-order valence-electron chi connectivity index (χ1n) is 4.83. The molecule has 0 aliphatic heterocycles. The molecule has 16 heavy (non-hydrogen) atoms. The van der Waals surface area contributed by atoms with Crippen molar-refractivity contribution in [2.24, 2.45) is 0 Å². The number of nitrogens with one attached hydrogen (secondary N) is 1. The number of pyridine rings is 1. The molecule has 2 nitrogen and oxygen atoms in total. The first-order chi connectivity index (χ1) is 7.34. The summed E-state index contributed by atoms with van der Waals surface area (Å²) in [7, 11) is 0. The molecule has 90 valence electrons. The summed E-state index contributed by atoms with van der Waals surface area (Å²) < 4.78 is 0. The molecule has 1 rings (SSSR count). The third kappa shape index (κ3) is 6.38. The van der Waals surface area contributed by atoms with E-state index < -0.39 is 0 Å². The Morgan fingerprint density at radius 3 is 3.06 bits per heavy atom. The van der Waals surface area contributed by atoms with Gasteiger partial charge in [-0.2, -0.15) is 11.8 Å². The van der Waals surface area contributed by atoms with E-state index in [1.807, 2.05) is 30.0 Å². The number of rotatable bonds is 7. The lowest BCUT2D eigenvalue weighted by Gasteiger charge is -2.05. The quantitative estimate of drug-likeness (QED) is 0.471. The van der Waals surface area contributed by atoms with E-state index in [-0.39, 0.29) is 12.4 Å². The van der Waals surface area contributed by atoms with E-state index >= 15 is 0 Å². The molecule has 0 radical (unpaired) electrons. The fourth-order valence-corrected chi connectivity index (χ4v) is 1.89. The highest BCUT2D eigenvalue weighted by Crippen LogP contribution is 2.10. The molecule has 0 aliphatic carbocycles. The van der Waals surface area contributed by atoms with Gasteiger partial charge in [-0.25, -0.2) is 4.98 Å². The van der Waals surface area contributed by atoms with Gasteiger partial charge >= 0.3 is 0 Å². The van der Waals surface area contributed by atoms with Gasteiger partial charge in [0.2, 0.25) is 0 Å². The Morgan fingerprint density at radius 2 is 2.38 bits per heavy atom. The van der Waals surface area contributed by atoms with E-state index in [4.69, 9.17) is 11.6 Å². The molecule has 0 spiro atoms. The van der Waals surface area contributed by atoms with Crippen LogP contribution < -0.4 is 5.32 Å². The molecule has 0 atom stereocenters. The second-order valence-corrected chi connectivity index (χ2v) is 4.50. The van der Waals surface area contributed by atoms with Gasteiger partial charge in [0, 0.05) is 36.4 Å². The standard InChI is InChI=1S/C11H15ClN2S.ClH/c1-2-7-15-8-6-13-9-10-4-3-5-14-11(10)12;/h2-5,13H,1,6-9H2;1H. The zero-order valence-electron chi connectivity index (χ0n) is 8.99. The number of thioether (sulfide) groups is 1. The Balaban J connectivity index is 0.00000225. The van der Waals surface area contributed by atoms with Crippen molar-refractivity contribution in [1.82, 2.24) is 10.3 Å². The molecular weight excluding hydrogens is 263 g/mol. The first kappa shape index (κ1) is 15.8. The van der Waals surface area contributed by atoms with Crippen LogP contribution in [0.5, 0.6) is 0 Å². The van der Waals surface area contributed by atoms with Crippen LogP contribution in [0.1, 0.15) is 5.56 Å². The lowest BCUT2D eigenvalue weighted by atomic mass is 10.3. The maximum absolute atomic E-state index is 5.92. The van der Waals surface area contributed by atoms with Gasteiger partial charge in [0.15, 0.2) is 0 Å². The maximum Gasteiger partial charge on any atom is 0.133 e. The van der Waals surface area contributed by atoms with Crippen LogP contribution >= 0.6 is 35.8 Å². The lowest BCUT2D eigenvalue weighted by Crippen LogP contribution is -2.17. The van der Waals surface area contributed by atoms with Crippen molar-refractivity contribution in [3.8, 4) is 0 Å². The Hall–Kier alpha value is -0.220. The minimum absolute atomic E-state index is 0. The molecule has 0 aromatic carbocycles. The molecule has 0 bridgehead atoms. The highest BCUT2D eigenvalue weighted by atomic mass is 35.5. The monoisotopic (exact) mass is 278 g/mol. The van der Waals surface area contributed by atoms with Crippen LogP contribution in [0.25, 0.3) is 0 Å². The largest absolute Gasteiger partial charge is 0.312 e. The SMILES string of the molecule is C=CCSCCNCc1cccnc1Cl.Cl. The molecule has 5 heteroatoms. The molecule has 0 amide bonds. The van der Waals surface area contributed by atoms with Crippen molar-refractivity contribution in [2.75, 3.05) is 18.1 Å². The normalized spacial score (nSPS) is 9.56. The number of aromatic nitrogens is 1. The molecular formula is C11H16Cl2N2S. The van der Waals surface area contributed by atoms with Crippen molar-refractivity contribution < 1.29 is 0 Å². The van der Waals surface area contributed by atoms with E-state index in [9.17, 15) is 0 Å². The third-order valence-corrected chi connectivity index (χ3v) is 3.12. The fourth-order valence-electron chi connectivity index (χ4n) is 1.09. The Morgan fingerprint density at radius 1 is 1.56 bits per heavy atom. The average Bonchev–Trinajstić information content (AvgIpc) is 2.25. The van der Waals surface area contributed by atoms with Gasteiger partial charge in [-0.05, 0) is 6.07 Å². The molecule has 0 unspecified atom stereocenters. The smallest absolute Gasteiger partial charge is 0.133 e. The Labute approximate surface area is 112 Å². The van der Waals surface area contributed by atoms with Crippen LogP contribution in [0.4, 0.5) is 0 Å². The Kier molecular flexibility index (Phi) is 9.83. The van der Waals surface area contributed by atoms with Gasteiger partial charge in [0.05, 0.1) is 0 Å². The zero-order chi connectivity index (χ0) is 10.9. The van der Waals surface area contributed by atoms with Gasteiger partial charge in [-0.15, -0.1) is 19.0 Å². The van der Waals surface area contributed by atoms with E-state index in [0.717, 1.165) is 30.2 Å². The highest BCUT2D eigenvalue weighted by Gasteiger charge is 1.98. The van der Waals surface area contributed by atoms with Crippen LogP contribution in [0.15, 0.2) is 31.0 Å². The molecule has 1 N–H and O–H groups in total. The van der Waals surface area contributed by atoms with Crippen LogP contribution in [0, 0.1) is 0 Å². The predicted molar refractivity (Wildman–Crippen MR) is 75.7 cm³/mol. The molecule has 1 aromatic heterocycles. The van der Waals surface area contributed by atoms with Crippen molar-refractivity contribution >= 4 is 35.8 Å². The summed E-state index contributed by atoms with van der Waals surface area (Å²) >= 11 is 7.78. The average molecular weight is 279 g/mol. The van der Waals surface area contributed by atoms with Gasteiger partial charge in [-0.1, -0.05) is 23.7 Å². The molecule has 1 aromatic rings. The summed E-state index contributed by atoms with van der Waals surface area (Å²) in [5, 5.41) is 3.91. The maximum atomic E-state index is 5.92. The van der Waals surface area contributed by atoms with E-state index in [1.165, 1.54) is 0 Å². The predicted octanol–water partition coefficient (Wildman–Crippen LogP) is 3.17. The van der Waals surface area contributed by atoms with Crippen LogP contribution in [-0.2, 0) is 6.54 Å². The molecule has 1 heterocycles. The van der Waals surface area contributed by atoms with Crippen LogP contribution in [0.2, 0.25) is 5.15 Å². The molecule has 0 saturated heterocycles. The Bertz CT molecular complexity index is 308. The summed E-state index contributed by atoms with van der Waals surface area (Å²) in [6.07, 6.45) is 3.62. The number of hydrogen-bond acceptors (Lipinski definition) is 3. The van der Waals surface area contributed by atoms with Crippen molar-refractivity contribution in [1.29, 1.82) is 0 Å². The minimum atomic E-state index is 0. The van der Waals surface area contributed by atoms with Crippen molar-refractivity contribution in [3.63, 3.8) is 0 Å². The van der Waals surface area contributed by atoms with Gasteiger partial charge < -0.3 is 5.32 Å². The topological polar surface area (TPSA) is 24.9 Å². The second-order valence-electron chi connectivity index (χ2n) is 2.99.